The lowest BCUT2D eigenvalue weighted by molar-refractivity contribution is 0.0926. The van der Waals surface area contributed by atoms with Crippen molar-refractivity contribution >= 4 is 5.91 Å². The van der Waals surface area contributed by atoms with Gasteiger partial charge in [0.15, 0.2) is 0 Å². The fourth-order valence-corrected chi connectivity index (χ4v) is 3.14. The smallest absolute Gasteiger partial charge is 0.251 e. The molecule has 3 heteroatoms. The standard InChI is InChI=1S/C18H24N2O/c1-3-15-10-11-17(13(15)2)20-18(21)16-8-6-14(7-9-16)5-4-12-19/h6-9,13,15,17H,3,10-12,19H2,1-2H3,(H,20,21). The van der Waals surface area contributed by atoms with Gasteiger partial charge in [-0.3, -0.25) is 4.79 Å². The molecule has 112 valence electrons. The second-order valence-electron chi connectivity index (χ2n) is 5.77. The average Bonchev–Trinajstić information content (AvgIpc) is 2.86. The summed E-state index contributed by atoms with van der Waals surface area (Å²) < 4.78 is 0. The quantitative estimate of drug-likeness (QED) is 0.838. The molecular weight excluding hydrogens is 260 g/mol. The lowest BCUT2D eigenvalue weighted by Gasteiger charge is -2.21. The van der Waals surface area contributed by atoms with Crippen LogP contribution in [0.1, 0.15) is 49.0 Å². The molecule has 1 aliphatic rings. The van der Waals surface area contributed by atoms with Crippen molar-refractivity contribution in [1.29, 1.82) is 0 Å². The van der Waals surface area contributed by atoms with Gasteiger partial charge in [-0.25, -0.2) is 0 Å². The average molecular weight is 284 g/mol. The van der Waals surface area contributed by atoms with Crippen LogP contribution in [0.2, 0.25) is 0 Å². The fourth-order valence-electron chi connectivity index (χ4n) is 3.14. The van der Waals surface area contributed by atoms with Crippen molar-refractivity contribution in [2.24, 2.45) is 17.6 Å². The Bertz CT molecular complexity index is 539. The summed E-state index contributed by atoms with van der Waals surface area (Å²) in [6, 6.07) is 7.69. The predicted octanol–water partition coefficient (Wildman–Crippen LogP) is 2.55. The number of carbonyl (C=O) groups is 1. The van der Waals surface area contributed by atoms with E-state index in [1.807, 2.05) is 24.3 Å². The maximum Gasteiger partial charge on any atom is 0.251 e. The van der Waals surface area contributed by atoms with Crippen molar-refractivity contribution in [3.63, 3.8) is 0 Å². The molecule has 3 nitrogen and oxygen atoms in total. The van der Waals surface area contributed by atoms with Gasteiger partial charge < -0.3 is 11.1 Å². The fraction of sp³-hybridized carbons (Fsp3) is 0.500. The van der Waals surface area contributed by atoms with E-state index in [9.17, 15) is 4.79 Å². The Hall–Kier alpha value is -1.79. The molecule has 1 saturated carbocycles. The van der Waals surface area contributed by atoms with E-state index < -0.39 is 0 Å². The van der Waals surface area contributed by atoms with Crippen molar-refractivity contribution in [3.8, 4) is 11.8 Å². The Morgan fingerprint density at radius 2 is 2.05 bits per heavy atom. The topological polar surface area (TPSA) is 55.1 Å². The third-order valence-corrected chi connectivity index (χ3v) is 4.55. The molecule has 1 aromatic carbocycles. The zero-order chi connectivity index (χ0) is 15.2. The minimum absolute atomic E-state index is 0.0157. The first-order valence-electron chi connectivity index (χ1n) is 7.75. The first-order chi connectivity index (χ1) is 10.2. The van der Waals surface area contributed by atoms with E-state index >= 15 is 0 Å². The van der Waals surface area contributed by atoms with Crippen LogP contribution in [0.3, 0.4) is 0 Å². The molecule has 1 aromatic rings. The molecule has 1 amide bonds. The van der Waals surface area contributed by atoms with Crippen LogP contribution in [-0.4, -0.2) is 18.5 Å². The largest absolute Gasteiger partial charge is 0.349 e. The maximum absolute atomic E-state index is 12.3. The predicted molar refractivity (Wildman–Crippen MR) is 85.8 cm³/mol. The van der Waals surface area contributed by atoms with Crippen LogP contribution >= 0.6 is 0 Å². The number of hydrogen-bond acceptors (Lipinski definition) is 2. The molecule has 1 fully saturated rings. The SMILES string of the molecule is CCC1CCC(NC(=O)c2ccc(C#CCN)cc2)C1C. The van der Waals surface area contributed by atoms with E-state index in [4.69, 9.17) is 5.73 Å². The van der Waals surface area contributed by atoms with Crippen molar-refractivity contribution in [3.05, 3.63) is 35.4 Å². The molecule has 0 aliphatic heterocycles. The summed E-state index contributed by atoms with van der Waals surface area (Å²) in [5, 5.41) is 3.18. The van der Waals surface area contributed by atoms with Crippen LogP contribution in [0.15, 0.2) is 24.3 Å². The van der Waals surface area contributed by atoms with Crippen molar-refractivity contribution in [2.45, 2.75) is 39.2 Å². The van der Waals surface area contributed by atoms with Gasteiger partial charge in [0.25, 0.3) is 5.91 Å². The number of carbonyl (C=O) groups excluding carboxylic acids is 1. The zero-order valence-corrected chi connectivity index (χ0v) is 12.9. The summed E-state index contributed by atoms with van der Waals surface area (Å²) in [6.07, 6.45) is 3.50. The molecule has 1 aliphatic carbocycles. The second kappa shape index (κ2) is 7.28. The molecule has 21 heavy (non-hydrogen) atoms. The van der Waals surface area contributed by atoms with Crippen LogP contribution < -0.4 is 11.1 Å². The zero-order valence-electron chi connectivity index (χ0n) is 12.9. The van der Waals surface area contributed by atoms with E-state index in [1.165, 1.54) is 12.8 Å². The Balaban J connectivity index is 1.97. The van der Waals surface area contributed by atoms with E-state index in [2.05, 4.69) is 31.0 Å². The minimum Gasteiger partial charge on any atom is -0.349 e. The number of rotatable bonds is 3. The number of nitrogens with two attached hydrogens (primary N) is 1. The summed E-state index contributed by atoms with van der Waals surface area (Å²) in [4.78, 5) is 12.3. The van der Waals surface area contributed by atoms with Gasteiger partial charge in [-0.05, 0) is 48.9 Å². The normalized spacial score (nSPS) is 24.2. The van der Waals surface area contributed by atoms with Gasteiger partial charge in [0.1, 0.15) is 0 Å². The Morgan fingerprint density at radius 3 is 2.62 bits per heavy atom. The molecule has 3 N–H and O–H groups in total. The Labute approximate surface area is 127 Å². The van der Waals surface area contributed by atoms with E-state index in [1.54, 1.807) is 0 Å². The molecular formula is C18H24N2O. The van der Waals surface area contributed by atoms with Crippen LogP contribution in [-0.2, 0) is 0 Å². The molecule has 0 radical (unpaired) electrons. The van der Waals surface area contributed by atoms with Crippen molar-refractivity contribution in [1.82, 2.24) is 5.32 Å². The summed E-state index contributed by atoms with van der Waals surface area (Å²) in [6.45, 7) is 4.82. The lowest BCUT2D eigenvalue weighted by atomic mass is 9.93. The van der Waals surface area contributed by atoms with Gasteiger partial charge in [0.05, 0.1) is 6.54 Å². The highest BCUT2D eigenvalue weighted by molar-refractivity contribution is 5.94. The highest BCUT2D eigenvalue weighted by atomic mass is 16.1. The van der Waals surface area contributed by atoms with Gasteiger partial charge >= 0.3 is 0 Å². The third kappa shape index (κ3) is 3.86. The minimum atomic E-state index is 0.0157. The van der Waals surface area contributed by atoms with E-state index in [0.717, 1.165) is 17.9 Å². The molecule has 3 atom stereocenters. The molecule has 0 saturated heterocycles. The second-order valence-corrected chi connectivity index (χ2v) is 5.77. The van der Waals surface area contributed by atoms with Gasteiger partial charge in [-0.2, -0.15) is 0 Å². The third-order valence-electron chi connectivity index (χ3n) is 4.55. The van der Waals surface area contributed by atoms with Gasteiger partial charge in [-0.15, -0.1) is 0 Å². The number of amides is 1. The van der Waals surface area contributed by atoms with Crippen LogP contribution in [0, 0.1) is 23.7 Å². The molecule has 3 unspecified atom stereocenters. The monoisotopic (exact) mass is 284 g/mol. The summed E-state index contributed by atoms with van der Waals surface area (Å²) in [5.74, 6) is 7.08. The van der Waals surface area contributed by atoms with Crippen molar-refractivity contribution in [2.75, 3.05) is 6.54 Å². The number of benzene rings is 1. The molecule has 0 spiro atoms. The highest BCUT2D eigenvalue weighted by Crippen LogP contribution is 2.33. The molecule has 2 rings (SSSR count). The van der Waals surface area contributed by atoms with Crippen LogP contribution in [0.25, 0.3) is 0 Å². The summed E-state index contributed by atoms with van der Waals surface area (Å²) in [7, 11) is 0. The highest BCUT2D eigenvalue weighted by Gasteiger charge is 2.32. The Kier molecular flexibility index (Phi) is 5.41. The molecule has 0 aromatic heterocycles. The maximum atomic E-state index is 12.3. The van der Waals surface area contributed by atoms with E-state index in [-0.39, 0.29) is 5.91 Å². The lowest BCUT2D eigenvalue weighted by Crippen LogP contribution is -2.37. The van der Waals surface area contributed by atoms with E-state index in [0.29, 0.717) is 24.1 Å². The number of hydrogen-bond donors (Lipinski definition) is 2. The molecule has 0 heterocycles. The van der Waals surface area contributed by atoms with Crippen LogP contribution in [0.4, 0.5) is 0 Å². The van der Waals surface area contributed by atoms with Gasteiger partial charge in [0, 0.05) is 17.2 Å². The van der Waals surface area contributed by atoms with Crippen LogP contribution in [0.5, 0.6) is 0 Å². The first-order valence-corrected chi connectivity index (χ1v) is 7.75. The van der Waals surface area contributed by atoms with Gasteiger partial charge in [-0.1, -0.05) is 32.1 Å². The summed E-state index contributed by atoms with van der Waals surface area (Å²) >= 11 is 0. The summed E-state index contributed by atoms with van der Waals surface area (Å²) in [5.41, 5.74) is 6.92. The number of nitrogens with one attached hydrogen (secondary N) is 1. The van der Waals surface area contributed by atoms with Crippen molar-refractivity contribution < 1.29 is 4.79 Å². The Morgan fingerprint density at radius 1 is 1.33 bits per heavy atom. The molecule has 0 bridgehead atoms. The van der Waals surface area contributed by atoms with Gasteiger partial charge in [0.2, 0.25) is 0 Å². The first kappa shape index (κ1) is 15.6.